The minimum Gasteiger partial charge on any atom is -0.491 e. The topological polar surface area (TPSA) is 43.4 Å². The van der Waals surface area contributed by atoms with Gasteiger partial charge in [-0.15, -0.1) is 0 Å². The summed E-state index contributed by atoms with van der Waals surface area (Å²) in [5, 5.41) is 0. The van der Waals surface area contributed by atoms with Gasteiger partial charge in [0.05, 0.1) is 11.0 Å². The molecule has 27 heavy (non-hydrogen) atoms. The highest BCUT2D eigenvalue weighted by atomic mass is 16.5. The second kappa shape index (κ2) is 6.63. The quantitative estimate of drug-likeness (QED) is 0.663. The molecule has 2 aliphatic rings. The molecule has 1 heterocycles. The SMILES string of the molecule is CCC(=O)c1cc(C(=O)C[C@H]2C[C@@H]2C)cc2c1OC[C@@]2(C)c1ccccc1. The van der Waals surface area contributed by atoms with Crippen LogP contribution in [-0.4, -0.2) is 18.2 Å². The van der Waals surface area contributed by atoms with E-state index in [-0.39, 0.29) is 17.0 Å². The smallest absolute Gasteiger partial charge is 0.166 e. The molecule has 3 heteroatoms. The zero-order valence-corrected chi connectivity index (χ0v) is 16.2. The fraction of sp³-hybridized carbons (Fsp3) is 0.417. The number of rotatable bonds is 6. The molecule has 1 fully saturated rings. The summed E-state index contributed by atoms with van der Waals surface area (Å²) in [7, 11) is 0. The van der Waals surface area contributed by atoms with Crippen molar-refractivity contribution in [1.29, 1.82) is 0 Å². The van der Waals surface area contributed by atoms with Crippen molar-refractivity contribution < 1.29 is 14.3 Å². The molecule has 3 atom stereocenters. The summed E-state index contributed by atoms with van der Waals surface area (Å²) < 4.78 is 6.04. The molecule has 2 aromatic carbocycles. The van der Waals surface area contributed by atoms with E-state index in [9.17, 15) is 9.59 Å². The molecule has 0 N–H and O–H groups in total. The Labute approximate surface area is 160 Å². The molecule has 0 radical (unpaired) electrons. The molecular formula is C24H26O3. The van der Waals surface area contributed by atoms with Crippen LogP contribution in [0.25, 0.3) is 0 Å². The molecule has 0 bridgehead atoms. The van der Waals surface area contributed by atoms with Gasteiger partial charge < -0.3 is 4.74 Å². The van der Waals surface area contributed by atoms with Crippen molar-refractivity contribution in [2.75, 3.05) is 6.61 Å². The minimum atomic E-state index is -0.359. The molecule has 2 aromatic rings. The van der Waals surface area contributed by atoms with Crippen LogP contribution in [0.1, 0.15) is 71.9 Å². The minimum absolute atomic E-state index is 0.0259. The molecule has 0 unspecified atom stereocenters. The van der Waals surface area contributed by atoms with Crippen LogP contribution in [0, 0.1) is 11.8 Å². The average molecular weight is 362 g/mol. The Balaban J connectivity index is 1.81. The molecular weight excluding hydrogens is 336 g/mol. The molecule has 1 aliphatic carbocycles. The van der Waals surface area contributed by atoms with Crippen molar-refractivity contribution in [1.82, 2.24) is 0 Å². The Hall–Kier alpha value is -2.42. The van der Waals surface area contributed by atoms with Crippen molar-refractivity contribution in [3.63, 3.8) is 0 Å². The van der Waals surface area contributed by atoms with Gasteiger partial charge in [0.15, 0.2) is 11.6 Å². The number of ether oxygens (including phenoxy) is 1. The lowest BCUT2D eigenvalue weighted by Crippen LogP contribution is -2.25. The van der Waals surface area contributed by atoms with Gasteiger partial charge in [0.1, 0.15) is 12.4 Å². The van der Waals surface area contributed by atoms with Gasteiger partial charge in [0, 0.05) is 24.0 Å². The number of carbonyl (C=O) groups is 2. The monoisotopic (exact) mass is 362 g/mol. The predicted molar refractivity (Wildman–Crippen MR) is 106 cm³/mol. The fourth-order valence-corrected chi connectivity index (χ4v) is 4.13. The second-order valence-electron chi connectivity index (χ2n) is 8.26. The number of benzene rings is 2. The Bertz CT molecular complexity index is 899. The standard InChI is InChI=1S/C24H26O3/c1-4-21(25)19-11-17(22(26)13-16-10-15(16)2)12-20-23(19)27-14-24(20,3)18-8-6-5-7-9-18/h5-9,11-12,15-16H,4,10,13-14H2,1-3H3/t15-,16+,24-/m0/s1. The van der Waals surface area contributed by atoms with Crippen LogP contribution in [0.3, 0.4) is 0 Å². The van der Waals surface area contributed by atoms with E-state index in [0.717, 1.165) is 17.5 Å². The first-order valence-corrected chi connectivity index (χ1v) is 9.87. The van der Waals surface area contributed by atoms with E-state index in [1.807, 2.05) is 31.2 Å². The summed E-state index contributed by atoms with van der Waals surface area (Å²) in [6.07, 6.45) is 2.10. The second-order valence-corrected chi connectivity index (χ2v) is 8.26. The summed E-state index contributed by atoms with van der Waals surface area (Å²) in [5.41, 5.74) is 2.95. The number of fused-ring (bicyclic) bond motifs is 1. The van der Waals surface area contributed by atoms with Gasteiger partial charge in [-0.3, -0.25) is 9.59 Å². The summed E-state index contributed by atoms with van der Waals surface area (Å²) in [6, 6.07) is 13.9. The number of carbonyl (C=O) groups excluding carboxylic acids is 2. The van der Waals surface area contributed by atoms with Crippen molar-refractivity contribution in [3.05, 3.63) is 64.7 Å². The predicted octanol–water partition coefficient (Wildman–Crippen LogP) is 5.21. The number of hydrogen-bond donors (Lipinski definition) is 0. The van der Waals surface area contributed by atoms with Crippen LogP contribution in [0.5, 0.6) is 5.75 Å². The lowest BCUT2D eigenvalue weighted by Gasteiger charge is -2.24. The lowest BCUT2D eigenvalue weighted by molar-refractivity contribution is 0.0974. The Morgan fingerprint density at radius 2 is 1.85 bits per heavy atom. The van der Waals surface area contributed by atoms with Gasteiger partial charge >= 0.3 is 0 Å². The summed E-state index contributed by atoms with van der Waals surface area (Å²) in [4.78, 5) is 25.5. The highest BCUT2D eigenvalue weighted by Gasteiger charge is 2.41. The normalized spacial score (nSPS) is 25.6. The van der Waals surface area contributed by atoms with Crippen LogP contribution < -0.4 is 4.74 Å². The van der Waals surface area contributed by atoms with Gasteiger partial charge in [0.2, 0.25) is 0 Å². The summed E-state index contributed by atoms with van der Waals surface area (Å²) >= 11 is 0. The van der Waals surface area contributed by atoms with Crippen LogP contribution >= 0.6 is 0 Å². The van der Waals surface area contributed by atoms with E-state index in [4.69, 9.17) is 4.74 Å². The third kappa shape index (κ3) is 3.09. The maximum absolute atomic E-state index is 12.9. The van der Waals surface area contributed by atoms with Gasteiger partial charge in [-0.1, -0.05) is 44.2 Å². The lowest BCUT2D eigenvalue weighted by atomic mass is 9.76. The molecule has 0 saturated heterocycles. The van der Waals surface area contributed by atoms with Crippen molar-refractivity contribution in [2.45, 2.75) is 45.4 Å². The third-order valence-corrected chi connectivity index (χ3v) is 6.27. The maximum Gasteiger partial charge on any atom is 0.166 e. The maximum atomic E-state index is 12.9. The first-order valence-electron chi connectivity index (χ1n) is 9.87. The zero-order chi connectivity index (χ0) is 19.2. The van der Waals surface area contributed by atoms with Gasteiger partial charge in [0.25, 0.3) is 0 Å². The first-order chi connectivity index (χ1) is 12.9. The van der Waals surface area contributed by atoms with E-state index in [1.165, 1.54) is 0 Å². The van der Waals surface area contributed by atoms with Gasteiger partial charge in [-0.2, -0.15) is 0 Å². The molecule has 1 aliphatic heterocycles. The number of Topliss-reactive ketones (excluding diaryl/α,β-unsaturated/α-hetero) is 2. The van der Waals surface area contributed by atoms with E-state index in [1.54, 1.807) is 6.07 Å². The Morgan fingerprint density at radius 1 is 1.15 bits per heavy atom. The molecule has 1 saturated carbocycles. The first kappa shape index (κ1) is 18.0. The summed E-state index contributed by atoms with van der Waals surface area (Å²) in [5.74, 6) is 1.95. The molecule has 4 rings (SSSR count). The highest BCUT2D eigenvalue weighted by Crippen LogP contribution is 2.47. The largest absolute Gasteiger partial charge is 0.491 e. The van der Waals surface area contributed by atoms with Crippen LogP contribution in [0.4, 0.5) is 0 Å². The third-order valence-electron chi connectivity index (χ3n) is 6.27. The fourth-order valence-electron chi connectivity index (χ4n) is 4.13. The zero-order valence-electron chi connectivity index (χ0n) is 16.2. The van der Waals surface area contributed by atoms with E-state index >= 15 is 0 Å². The van der Waals surface area contributed by atoms with Crippen molar-refractivity contribution in [2.24, 2.45) is 11.8 Å². The van der Waals surface area contributed by atoms with Crippen LogP contribution in [0.2, 0.25) is 0 Å². The Morgan fingerprint density at radius 3 is 2.48 bits per heavy atom. The van der Waals surface area contributed by atoms with Crippen molar-refractivity contribution >= 4 is 11.6 Å². The molecule has 0 spiro atoms. The van der Waals surface area contributed by atoms with Crippen LogP contribution in [0.15, 0.2) is 42.5 Å². The van der Waals surface area contributed by atoms with Crippen molar-refractivity contribution in [3.8, 4) is 5.75 Å². The molecule has 0 aromatic heterocycles. The van der Waals surface area contributed by atoms with E-state index in [2.05, 4.69) is 26.0 Å². The number of ketones is 2. The van der Waals surface area contributed by atoms with Gasteiger partial charge in [-0.05, 0) is 42.9 Å². The molecule has 140 valence electrons. The summed E-state index contributed by atoms with van der Waals surface area (Å²) in [6.45, 7) is 6.65. The Kier molecular flexibility index (Phi) is 4.41. The molecule has 3 nitrogen and oxygen atoms in total. The van der Waals surface area contributed by atoms with E-state index in [0.29, 0.717) is 48.2 Å². The number of hydrogen-bond acceptors (Lipinski definition) is 3. The van der Waals surface area contributed by atoms with Gasteiger partial charge in [-0.25, -0.2) is 0 Å². The van der Waals surface area contributed by atoms with Crippen LogP contribution in [-0.2, 0) is 5.41 Å². The highest BCUT2D eigenvalue weighted by molar-refractivity contribution is 6.04. The average Bonchev–Trinajstić information content (AvgIpc) is 3.27. The van der Waals surface area contributed by atoms with E-state index < -0.39 is 0 Å². The molecule has 0 amide bonds.